The van der Waals surface area contributed by atoms with E-state index in [0.29, 0.717) is 0 Å². The molecule has 0 radical (unpaired) electrons. The molecule has 0 saturated heterocycles. The highest BCUT2D eigenvalue weighted by atomic mass is 15.1. The van der Waals surface area contributed by atoms with Gasteiger partial charge in [-0.25, -0.2) is 4.98 Å². The van der Waals surface area contributed by atoms with Gasteiger partial charge in [0.2, 0.25) is 0 Å². The molecule has 76 valence electrons. The van der Waals surface area contributed by atoms with Gasteiger partial charge in [-0.05, 0) is 17.7 Å². The number of benzene rings is 1. The molecule has 0 saturated carbocycles. The maximum Gasteiger partial charge on any atom is 0.127 e. The topological polar surface area (TPSA) is 55.9 Å². The maximum atomic E-state index is 5.80. The first kappa shape index (κ1) is 8.49. The molecule has 3 N–H and O–H groups in total. The van der Waals surface area contributed by atoms with Crippen LogP contribution >= 0.6 is 0 Å². The van der Waals surface area contributed by atoms with Crippen molar-refractivity contribution in [3.05, 3.63) is 42.0 Å². The van der Waals surface area contributed by atoms with Crippen molar-refractivity contribution >= 4 is 5.69 Å². The third-order valence-electron chi connectivity index (χ3n) is 2.68. The van der Waals surface area contributed by atoms with Gasteiger partial charge < -0.3 is 15.6 Å². The molecule has 0 aliphatic carbocycles. The number of nitrogens with two attached hydrogens (primary N) is 1. The fourth-order valence-corrected chi connectivity index (χ4v) is 1.95. The van der Waals surface area contributed by atoms with Crippen LogP contribution in [0.5, 0.6) is 0 Å². The molecule has 15 heavy (non-hydrogen) atoms. The molecule has 0 unspecified atom stereocenters. The highest BCUT2D eigenvalue weighted by Crippen LogP contribution is 2.21. The number of anilines is 1. The molecular formula is C11H12N4. The fraction of sp³-hybridized carbons (Fsp3) is 0.182. The van der Waals surface area contributed by atoms with Crippen molar-refractivity contribution in [2.24, 2.45) is 0 Å². The Labute approximate surface area is 87.7 Å². The Kier molecular flexibility index (Phi) is 1.76. The van der Waals surface area contributed by atoms with Gasteiger partial charge in [-0.3, -0.25) is 0 Å². The monoisotopic (exact) mass is 200 g/mol. The Hall–Kier alpha value is -1.81. The first-order valence-corrected chi connectivity index (χ1v) is 4.96. The summed E-state index contributed by atoms with van der Waals surface area (Å²) >= 11 is 0. The van der Waals surface area contributed by atoms with Gasteiger partial charge in [0, 0.05) is 24.6 Å². The zero-order chi connectivity index (χ0) is 10.3. The Balaban J connectivity index is 2.27. The van der Waals surface area contributed by atoms with Crippen LogP contribution < -0.4 is 11.1 Å². The van der Waals surface area contributed by atoms with E-state index in [-0.39, 0.29) is 0 Å². The van der Waals surface area contributed by atoms with Gasteiger partial charge in [0.05, 0.1) is 12.2 Å². The predicted octanol–water partition coefficient (Wildman–Crippen LogP) is 1.06. The molecule has 1 aromatic carbocycles. The number of nitrogen functional groups attached to an aromatic ring is 1. The minimum atomic E-state index is 0.787. The molecule has 0 amide bonds. The number of aromatic nitrogens is 2. The van der Waals surface area contributed by atoms with Crippen LogP contribution in [-0.2, 0) is 13.1 Å². The number of hydrogen-bond donors (Lipinski definition) is 2. The van der Waals surface area contributed by atoms with Crippen LogP contribution in [-0.4, -0.2) is 9.55 Å². The number of hydrogen-bond acceptors (Lipinski definition) is 3. The number of rotatable bonds is 0. The summed E-state index contributed by atoms with van der Waals surface area (Å²) in [5.41, 5.74) is 8.97. The van der Waals surface area contributed by atoms with Crippen molar-refractivity contribution in [2.75, 3.05) is 5.73 Å². The number of imidazole rings is 1. The Morgan fingerprint density at radius 2 is 2.27 bits per heavy atom. The van der Waals surface area contributed by atoms with Crippen LogP contribution in [0.4, 0.5) is 5.69 Å². The van der Waals surface area contributed by atoms with Crippen molar-refractivity contribution in [2.45, 2.75) is 13.1 Å². The summed E-state index contributed by atoms with van der Waals surface area (Å²) in [5, 5.41) is 3.34. The van der Waals surface area contributed by atoms with Crippen LogP contribution in [0.25, 0.3) is 5.69 Å². The molecule has 0 atom stereocenters. The summed E-state index contributed by atoms with van der Waals surface area (Å²) < 4.78 is 2.09. The van der Waals surface area contributed by atoms with E-state index < -0.39 is 0 Å². The van der Waals surface area contributed by atoms with Crippen molar-refractivity contribution in [3.8, 4) is 5.69 Å². The highest BCUT2D eigenvalue weighted by molar-refractivity contribution is 5.53. The summed E-state index contributed by atoms with van der Waals surface area (Å²) in [4.78, 5) is 4.30. The van der Waals surface area contributed by atoms with Crippen LogP contribution in [0.2, 0.25) is 0 Å². The van der Waals surface area contributed by atoms with Gasteiger partial charge >= 0.3 is 0 Å². The third-order valence-corrected chi connectivity index (χ3v) is 2.68. The fourth-order valence-electron chi connectivity index (χ4n) is 1.95. The Morgan fingerprint density at radius 1 is 1.33 bits per heavy atom. The molecule has 4 nitrogen and oxygen atoms in total. The third kappa shape index (κ3) is 1.30. The average molecular weight is 200 g/mol. The van der Waals surface area contributed by atoms with Gasteiger partial charge in [0.15, 0.2) is 0 Å². The summed E-state index contributed by atoms with van der Waals surface area (Å²) in [6, 6.07) is 5.99. The molecule has 0 fully saturated rings. The number of nitrogens with zero attached hydrogens (tertiary/aromatic N) is 2. The normalized spacial score (nSPS) is 14.1. The van der Waals surface area contributed by atoms with Gasteiger partial charge in [0.1, 0.15) is 5.82 Å². The van der Waals surface area contributed by atoms with E-state index in [1.54, 1.807) is 0 Å². The van der Waals surface area contributed by atoms with Gasteiger partial charge in [0.25, 0.3) is 0 Å². The lowest BCUT2D eigenvalue weighted by Gasteiger charge is -2.08. The van der Waals surface area contributed by atoms with Crippen molar-refractivity contribution in [1.82, 2.24) is 14.9 Å². The molecular weight excluding hydrogens is 188 g/mol. The van der Waals surface area contributed by atoms with Crippen LogP contribution in [0, 0.1) is 0 Å². The summed E-state index contributed by atoms with van der Waals surface area (Å²) in [6.07, 6.45) is 3.79. The van der Waals surface area contributed by atoms with Crippen LogP contribution in [0.15, 0.2) is 30.6 Å². The molecule has 4 heteroatoms. The summed E-state index contributed by atoms with van der Waals surface area (Å²) in [6.45, 7) is 1.65. The van der Waals surface area contributed by atoms with E-state index in [4.69, 9.17) is 5.73 Å². The SMILES string of the molecule is Nc1ccc2c(c1)-n1ccnc1CNC2. The second-order valence-electron chi connectivity index (χ2n) is 3.71. The lowest BCUT2D eigenvalue weighted by atomic mass is 10.1. The highest BCUT2D eigenvalue weighted by Gasteiger charge is 2.13. The Morgan fingerprint density at radius 3 is 3.20 bits per heavy atom. The van der Waals surface area contributed by atoms with Crippen LogP contribution in [0.3, 0.4) is 0 Å². The van der Waals surface area contributed by atoms with E-state index in [2.05, 4.69) is 20.9 Å². The predicted molar refractivity (Wildman–Crippen MR) is 58.5 cm³/mol. The standard InChI is InChI=1S/C11H12N4/c12-9-2-1-8-6-13-7-11-14-3-4-15(11)10(8)5-9/h1-5,13H,6-7,12H2. The molecule has 2 heterocycles. The quantitative estimate of drug-likeness (QED) is 0.625. The van der Waals surface area contributed by atoms with Gasteiger partial charge in [-0.1, -0.05) is 6.07 Å². The molecule has 1 aliphatic rings. The van der Waals surface area contributed by atoms with E-state index in [1.807, 2.05) is 24.5 Å². The van der Waals surface area contributed by atoms with E-state index in [9.17, 15) is 0 Å². The summed E-state index contributed by atoms with van der Waals surface area (Å²) in [5.74, 6) is 1.03. The second kappa shape index (κ2) is 3.10. The van der Waals surface area contributed by atoms with E-state index in [1.165, 1.54) is 5.56 Å². The number of nitrogens with one attached hydrogen (secondary N) is 1. The molecule has 2 aromatic rings. The first-order chi connectivity index (χ1) is 7.34. The zero-order valence-electron chi connectivity index (χ0n) is 8.27. The van der Waals surface area contributed by atoms with Crippen LogP contribution in [0.1, 0.15) is 11.4 Å². The van der Waals surface area contributed by atoms with E-state index in [0.717, 1.165) is 30.3 Å². The van der Waals surface area contributed by atoms with Gasteiger partial charge in [-0.2, -0.15) is 0 Å². The average Bonchev–Trinajstić information content (AvgIpc) is 2.62. The lowest BCUT2D eigenvalue weighted by Crippen LogP contribution is -2.11. The zero-order valence-corrected chi connectivity index (χ0v) is 8.27. The lowest BCUT2D eigenvalue weighted by molar-refractivity contribution is 0.678. The molecule has 1 aromatic heterocycles. The smallest absolute Gasteiger partial charge is 0.127 e. The first-order valence-electron chi connectivity index (χ1n) is 4.96. The van der Waals surface area contributed by atoms with Gasteiger partial charge in [-0.15, -0.1) is 0 Å². The minimum Gasteiger partial charge on any atom is -0.399 e. The Bertz CT molecular complexity index is 501. The molecule has 3 rings (SSSR count). The molecule has 0 spiro atoms. The van der Waals surface area contributed by atoms with E-state index >= 15 is 0 Å². The second-order valence-corrected chi connectivity index (χ2v) is 3.71. The number of fused-ring (bicyclic) bond motifs is 3. The van der Waals surface area contributed by atoms with Crippen molar-refractivity contribution in [1.29, 1.82) is 0 Å². The maximum absolute atomic E-state index is 5.80. The van der Waals surface area contributed by atoms with Crippen molar-refractivity contribution < 1.29 is 0 Å². The van der Waals surface area contributed by atoms with Crippen molar-refractivity contribution in [3.63, 3.8) is 0 Å². The molecule has 0 bridgehead atoms. The largest absolute Gasteiger partial charge is 0.399 e. The molecule has 1 aliphatic heterocycles. The summed E-state index contributed by atoms with van der Waals surface area (Å²) in [7, 11) is 0. The minimum absolute atomic E-state index is 0.787.